The van der Waals surface area contributed by atoms with Crippen molar-refractivity contribution in [2.24, 2.45) is 0 Å². The average Bonchev–Trinajstić information content (AvgIpc) is 2.85. The summed E-state index contributed by atoms with van der Waals surface area (Å²) in [6.07, 6.45) is 1.77. The summed E-state index contributed by atoms with van der Waals surface area (Å²) in [6.45, 7) is 0.592. The van der Waals surface area contributed by atoms with Gasteiger partial charge in [0.25, 0.3) is 5.91 Å². The van der Waals surface area contributed by atoms with E-state index in [1.807, 2.05) is 36.4 Å². The van der Waals surface area contributed by atoms with Crippen LogP contribution in [0.15, 0.2) is 60.7 Å². The molecule has 0 spiro atoms. The van der Waals surface area contributed by atoms with E-state index in [1.165, 1.54) is 11.1 Å². The van der Waals surface area contributed by atoms with Crippen LogP contribution in [0.2, 0.25) is 0 Å². The molecule has 0 bridgehead atoms. The van der Waals surface area contributed by atoms with Gasteiger partial charge in [-0.15, -0.1) is 0 Å². The lowest BCUT2D eigenvalue weighted by atomic mass is 9.71. The van der Waals surface area contributed by atoms with E-state index in [9.17, 15) is 4.79 Å². The molecule has 0 N–H and O–H groups in total. The summed E-state index contributed by atoms with van der Waals surface area (Å²) in [4.78, 5) is 15.7. The number of rotatable bonds is 5. The van der Waals surface area contributed by atoms with Crippen LogP contribution in [0, 0.1) is 0 Å². The molecule has 0 saturated carbocycles. The highest BCUT2D eigenvalue weighted by Crippen LogP contribution is 2.48. The van der Waals surface area contributed by atoms with E-state index in [1.54, 1.807) is 21.3 Å². The van der Waals surface area contributed by atoms with Crippen LogP contribution in [0.5, 0.6) is 17.2 Å². The Morgan fingerprint density at radius 2 is 1.62 bits per heavy atom. The standard InChI is InChI=1S/C27H27NO4/c1-30-19-10-11-20-22(14-19)26-21-15-25(32-3)24(31-2)13-18(21)9-12-23(26)28(27(20)29)16-17-7-5-4-6-8-17/h4-8,10-11,13-15,23,26H,9,12,16H2,1-3H3. The lowest BCUT2D eigenvalue weighted by Gasteiger charge is -2.46. The lowest BCUT2D eigenvalue weighted by molar-refractivity contribution is 0.0586. The zero-order valence-electron chi connectivity index (χ0n) is 18.6. The Morgan fingerprint density at radius 1 is 0.875 bits per heavy atom. The van der Waals surface area contributed by atoms with Gasteiger partial charge in [-0.2, -0.15) is 0 Å². The third kappa shape index (κ3) is 3.29. The van der Waals surface area contributed by atoms with Gasteiger partial charge in [0, 0.05) is 24.1 Å². The first-order chi connectivity index (χ1) is 15.6. The highest BCUT2D eigenvalue weighted by molar-refractivity contribution is 5.98. The Morgan fingerprint density at radius 3 is 2.34 bits per heavy atom. The van der Waals surface area contributed by atoms with Gasteiger partial charge in [0.15, 0.2) is 11.5 Å². The SMILES string of the molecule is COc1ccc2c(c1)C1c3cc(OC)c(OC)cc3CCC1N(Cc1ccccc1)C2=O. The third-order valence-electron chi connectivity index (χ3n) is 6.76. The van der Waals surface area contributed by atoms with Gasteiger partial charge in [0.1, 0.15) is 5.75 Å². The number of fused-ring (bicyclic) bond motifs is 5. The highest BCUT2D eigenvalue weighted by atomic mass is 16.5. The van der Waals surface area contributed by atoms with E-state index in [4.69, 9.17) is 14.2 Å². The summed E-state index contributed by atoms with van der Waals surface area (Å²) in [5.41, 5.74) is 5.34. The zero-order chi connectivity index (χ0) is 22.2. The Labute approximate surface area is 188 Å². The zero-order valence-corrected chi connectivity index (χ0v) is 18.6. The molecule has 0 radical (unpaired) electrons. The maximum atomic E-state index is 13.7. The normalized spacial score (nSPS) is 19.0. The predicted molar refractivity (Wildman–Crippen MR) is 123 cm³/mol. The Balaban J connectivity index is 1.68. The molecule has 5 heteroatoms. The van der Waals surface area contributed by atoms with Gasteiger partial charge in [-0.05, 0) is 65.4 Å². The Hall–Kier alpha value is -3.47. The number of methoxy groups -OCH3 is 3. The molecule has 5 nitrogen and oxygen atoms in total. The van der Waals surface area contributed by atoms with Gasteiger partial charge in [0.05, 0.1) is 21.3 Å². The fraction of sp³-hybridized carbons (Fsp3) is 0.296. The molecule has 1 heterocycles. The first-order valence-electron chi connectivity index (χ1n) is 10.9. The number of nitrogens with zero attached hydrogens (tertiary/aromatic N) is 1. The molecule has 3 aromatic carbocycles. The van der Waals surface area contributed by atoms with E-state index in [0.29, 0.717) is 12.3 Å². The molecular weight excluding hydrogens is 402 g/mol. The van der Waals surface area contributed by atoms with Crippen LogP contribution in [0.4, 0.5) is 0 Å². The summed E-state index contributed by atoms with van der Waals surface area (Å²) in [5.74, 6) is 2.34. The first kappa shape index (κ1) is 20.4. The summed E-state index contributed by atoms with van der Waals surface area (Å²) >= 11 is 0. The molecule has 32 heavy (non-hydrogen) atoms. The fourth-order valence-electron chi connectivity index (χ4n) is 5.23. The van der Waals surface area contributed by atoms with Crippen molar-refractivity contribution in [3.8, 4) is 17.2 Å². The van der Waals surface area contributed by atoms with Gasteiger partial charge >= 0.3 is 0 Å². The van der Waals surface area contributed by atoms with Crippen molar-refractivity contribution in [1.82, 2.24) is 4.90 Å². The number of hydrogen-bond donors (Lipinski definition) is 0. The Kier molecular flexibility index (Phi) is 5.25. The van der Waals surface area contributed by atoms with E-state index >= 15 is 0 Å². The van der Waals surface area contributed by atoms with Crippen LogP contribution < -0.4 is 14.2 Å². The quantitative estimate of drug-likeness (QED) is 0.584. The van der Waals surface area contributed by atoms with Gasteiger partial charge < -0.3 is 19.1 Å². The van der Waals surface area contributed by atoms with Crippen molar-refractivity contribution >= 4 is 5.91 Å². The van der Waals surface area contributed by atoms with E-state index < -0.39 is 0 Å². The van der Waals surface area contributed by atoms with Crippen molar-refractivity contribution < 1.29 is 19.0 Å². The van der Waals surface area contributed by atoms with Gasteiger partial charge in [0.2, 0.25) is 0 Å². The molecular formula is C27H27NO4. The maximum absolute atomic E-state index is 13.7. The molecule has 5 rings (SSSR count). The van der Waals surface area contributed by atoms with Crippen LogP contribution >= 0.6 is 0 Å². The van der Waals surface area contributed by atoms with Gasteiger partial charge in [-0.3, -0.25) is 4.79 Å². The molecule has 0 fully saturated rings. The molecule has 2 atom stereocenters. The number of hydrogen-bond acceptors (Lipinski definition) is 4. The van der Waals surface area contributed by atoms with Crippen LogP contribution in [0.3, 0.4) is 0 Å². The average molecular weight is 430 g/mol. The first-order valence-corrected chi connectivity index (χ1v) is 10.9. The maximum Gasteiger partial charge on any atom is 0.254 e. The second-order valence-electron chi connectivity index (χ2n) is 8.36. The molecule has 2 unspecified atom stereocenters. The van der Waals surface area contributed by atoms with E-state index in [-0.39, 0.29) is 17.9 Å². The van der Waals surface area contributed by atoms with Crippen molar-refractivity contribution in [2.75, 3.05) is 21.3 Å². The molecule has 0 saturated heterocycles. The number of carbonyl (C=O) groups excluding carboxylic acids is 1. The van der Waals surface area contributed by atoms with Gasteiger partial charge in [-0.1, -0.05) is 30.3 Å². The minimum Gasteiger partial charge on any atom is -0.497 e. The molecule has 1 aliphatic carbocycles. The fourth-order valence-corrected chi connectivity index (χ4v) is 5.23. The second kappa shape index (κ2) is 8.23. The summed E-state index contributed by atoms with van der Waals surface area (Å²) in [7, 11) is 4.98. The smallest absolute Gasteiger partial charge is 0.254 e. The number of amides is 1. The van der Waals surface area contributed by atoms with Crippen molar-refractivity contribution in [3.05, 3.63) is 88.5 Å². The molecule has 1 amide bonds. The lowest BCUT2D eigenvalue weighted by Crippen LogP contribution is -2.49. The van der Waals surface area contributed by atoms with Crippen molar-refractivity contribution in [2.45, 2.75) is 31.3 Å². The van der Waals surface area contributed by atoms with Gasteiger partial charge in [-0.25, -0.2) is 0 Å². The molecule has 2 aliphatic rings. The molecule has 1 aliphatic heterocycles. The van der Waals surface area contributed by atoms with E-state index in [0.717, 1.165) is 41.0 Å². The number of carbonyl (C=O) groups is 1. The molecule has 164 valence electrons. The predicted octanol–water partition coefficient (Wildman–Crippen LogP) is 4.82. The largest absolute Gasteiger partial charge is 0.497 e. The summed E-state index contributed by atoms with van der Waals surface area (Å²) < 4.78 is 16.7. The molecule has 3 aromatic rings. The Bertz CT molecular complexity index is 1160. The van der Waals surface area contributed by atoms with Crippen LogP contribution in [-0.2, 0) is 13.0 Å². The van der Waals surface area contributed by atoms with Crippen molar-refractivity contribution in [1.29, 1.82) is 0 Å². The minimum atomic E-state index is 0.0464. The minimum absolute atomic E-state index is 0.0464. The van der Waals surface area contributed by atoms with Crippen LogP contribution in [0.25, 0.3) is 0 Å². The third-order valence-corrected chi connectivity index (χ3v) is 6.76. The number of benzene rings is 3. The number of aryl methyl sites for hydroxylation is 1. The monoisotopic (exact) mass is 429 g/mol. The topological polar surface area (TPSA) is 48.0 Å². The van der Waals surface area contributed by atoms with Crippen LogP contribution in [-0.4, -0.2) is 38.2 Å². The summed E-state index contributed by atoms with van der Waals surface area (Å²) in [6, 6.07) is 20.2. The van der Waals surface area contributed by atoms with E-state index in [2.05, 4.69) is 29.2 Å². The molecule has 0 aromatic heterocycles. The second-order valence-corrected chi connectivity index (χ2v) is 8.36. The highest BCUT2D eigenvalue weighted by Gasteiger charge is 2.43. The number of ether oxygens (including phenoxy) is 3. The van der Waals surface area contributed by atoms with Crippen molar-refractivity contribution in [3.63, 3.8) is 0 Å². The summed E-state index contributed by atoms with van der Waals surface area (Å²) in [5, 5.41) is 0. The van der Waals surface area contributed by atoms with Crippen LogP contribution in [0.1, 0.15) is 45.0 Å².